The van der Waals surface area contributed by atoms with Gasteiger partial charge in [-0.3, -0.25) is 9.59 Å². The molecule has 4 aromatic heterocycles. The smallest absolute Gasteiger partial charge is 0.407 e. The van der Waals surface area contributed by atoms with Gasteiger partial charge in [0.2, 0.25) is 18.0 Å². The highest BCUT2D eigenvalue weighted by Gasteiger charge is 2.40. The zero-order chi connectivity index (χ0) is 47.4. The fraction of sp³-hybridized carbons (Fsp3) is 0.429. The number of thiophene rings is 1. The lowest BCUT2D eigenvalue weighted by molar-refractivity contribution is -0.136. The number of alkyl carbamates (subject to hydrolysis) is 2. The second-order valence-electron chi connectivity index (χ2n) is 18.3. The summed E-state index contributed by atoms with van der Waals surface area (Å²) in [6.07, 6.45) is 4.47. The first-order valence-electron chi connectivity index (χ1n) is 22.8. The molecular weight excluding hydrogens is 878 g/mol. The van der Waals surface area contributed by atoms with Crippen LogP contribution >= 0.6 is 11.3 Å². The zero-order valence-corrected chi connectivity index (χ0v) is 39.7. The number of imidazole rings is 2. The molecule has 3 aliphatic heterocycles. The number of carbonyl (C=O) groups excluding carboxylic acids is 4. The van der Waals surface area contributed by atoms with Crippen LogP contribution in [0.3, 0.4) is 0 Å². The number of aromatic amines is 2. The van der Waals surface area contributed by atoms with E-state index in [9.17, 15) is 19.2 Å². The van der Waals surface area contributed by atoms with Gasteiger partial charge in [0.1, 0.15) is 35.3 Å². The van der Waals surface area contributed by atoms with E-state index < -0.39 is 36.3 Å². The van der Waals surface area contributed by atoms with Gasteiger partial charge < -0.3 is 49.2 Å². The molecule has 3 unspecified atom stereocenters. The first kappa shape index (κ1) is 45.5. The standard InChI is InChI=1S/C49H56FN9O7S/c1-24(2)41(55-48(62)64-7)45(60)57-15-9-11-36(57)43-51-22-33(53-43)28-13-14-35-30(18-28)20-38-40-32(50)19-29(21-39(40)66-47(59(35)38)31-17-26(5)67-27(31)6)34-23-52-44(54-34)37-12-10-16-58(37)46(61)42(25(3)4)56-49(63)65-8/h13-14,17-25,36-37,41-42,47H,9-12,15-16H2,1-8H3,(H,51,53)(H,52,54)(H,55,62)(H,56,63)/t36-,37-,41?,42?,47?/m0/s1. The Hall–Kier alpha value is -6.69. The molecule has 352 valence electrons. The van der Waals surface area contributed by atoms with Crippen molar-refractivity contribution in [3.8, 4) is 39.5 Å². The highest BCUT2D eigenvalue weighted by atomic mass is 32.1. The molecule has 2 aromatic carbocycles. The predicted molar refractivity (Wildman–Crippen MR) is 251 cm³/mol. The van der Waals surface area contributed by atoms with E-state index in [4.69, 9.17) is 24.2 Å². The minimum absolute atomic E-state index is 0.152. The molecule has 16 nitrogen and oxygen atoms in total. The number of aryl methyl sites for hydroxylation is 2. The molecule has 0 aliphatic carbocycles. The third-order valence-corrected chi connectivity index (χ3v) is 14.2. The van der Waals surface area contributed by atoms with Crippen LogP contribution in [-0.4, -0.2) is 97.7 Å². The molecule has 0 saturated carbocycles. The molecule has 0 bridgehead atoms. The number of fused-ring (bicyclic) bond motifs is 5. The molecule has 3 aliphatic rings. The maximum absolute atomic E-state index is 16.9. The van der Waals surface area contributed by atoms with Gasteiger partial charge in [0.25, 0.3) is 0 Å². The summed E-state index contributed by atoms with van der Waals surface area (Å²) in [4.78, 5) is 73.9. The fourth-order valence-corrected chi connectivity index (χ4v) is 10.8. The Morgan fingerprint density at radius 2 is 1.36 bits per heavy atom. The lowest BCUT2D eigenvalue weighted by Gasteiger charge is -2.31. The van der Waals surface area contributed by atoms with Crippen molar-refractivity contribution in [3.63, 3.8) is 0 Å². The molecule has 0 radical (unpaired) electrons. The Labute approximate surface area is 391 Å². The number of benzene rings is 2. The van der Waals surface area contributed by atoms with Gasteiger partial charge >= 0.3 is 12.2 Å². The number of likely N-dealkylation sites (tertiary alicyclic amines) is 2. The zero-order valence-electron chi connectivity index (χ0n) is 38.9. The van der Waals surface area contributed by atoms with Gasteiger partial charge in [-0.15, -0.1) is 11.3 Å². The van der Waals surface area contributed by atoms with Gasteiger partial charge in [0.15, 0.2) is 0 Å². The quantitative estimate of drug-likeness (QED) is 0.0983. The van der Waals surface area contributed by atoms with Crippen molar-refractivity contribution in [3.05, 3.63) is 87.6 Å². The number of hydrogen-bond donors (Lipinski definition) is 4. The Bertz CT molecular complexity index is 2880. The molecule has 6 aromatic rings. The molecule has 18 heteroatoms. The number of hydrogen-bond acceptors (Lipinski definition) is 10. The van der Waals surface area contributed by atoms with Crippen LogP contribution in [0.4, 0.5) is 14.0 Å². The van der Waals surface area contributed by atoms with Gasteiger partial charge in [0, 0.05) is 44.9 Å². The van der Waals surface area contributed by atoms with Gasteiger partial charge in [0.05, 0.1) is 66.9 Å². The van der Waals surface area contributed by atoms with Crippen LogP contribution in [0, 0.1) is 31.5 Å². The van der Waals surface area contributed by atoms with Crippen molar-refractivity contribution in [2.45, 2.75) is 97.6 Å². The Morgan fingerprint density at radius 1 is 0.791 bits per heavy atom. The summed E-state index contributed by atoms with van der Waals surface area (Å²) in [7, 11) is 2.55. The molecule has 67 heavy (non-hydrogen) atoms. The van der Waals surface area contributed by atoms with Crippen LogP contribution < -0.4 is 15.4 Å². The van der Waals surface area contributed by atoms with Crippen molar-refractivity contribution in [2.24, 2.45) is 11.8 Å². The minimum Gasteiger partial charge on any atom is -0.465 e. The second-order valence-corrected chi connectivity index (χ2v) is 19.8. The maximum atomic E-state index is 16.9. The normalized spacial score (nSPS) is 18.8. The Kier molecular flexibility index (Phi) is 12.3. The number of aromatic nitrogens is 5. The number of halogens is 1. The second kappa shape index (κ2) is 18.2. The number of ether oxygens (including phenoxy) is 3. The van der Waals surface area contributed by atoms with E-state index in [0.29, 0.717) is 59.4 Å². The monoisotopic (exact) mass is 933 g/mol. The molecule has 5 atom stereocenters. The highest BCUT2D eigenvalue weighted by Crippen LogP contribution is 2.48. The highest BCUT2D eigenvalue weighted by molar-refractivity contribution is 7.12. The lowest BCUT2D eigenvalue weighted by Crippen LogP contribution is -2.51. The third kappa shape index (κ3) is 8.40. The number of carbonyl (C=O) groups is 4. The number of nitrogens with one attached hydrogen (secondary N) is 4. The largest absolute Gasteiger partial charge is 0.465 e. The Morgan fingerprint density at radius 3 is 1.88 bits per heavy atom. The van der Waals surface area contributed by atoms with Crippen LogP contribution in [0.1, 0.15) is 98.7 Å². The van der Waals surface area contributed by atoms with E-state index in [2.05, 4.69) is 51.1 Å². The summed E-state index contributed by atoms with van der Waals surface area (Å²) in [6.45, 7) is 12.7. The van der Waals surface area contributed by atoms with Crippen LogP contribution in [0.15, 0.2) is 54.9 Å². The number of H-pyrrole nitrogens is 2. The molecule has 2 fully saturated rings. The lowest BCUT2D eigenvalue weighted by atomic mass is 10.0. The van der Waals surface area contributed by atoms with E-state index in [1.165, 1.54) is 20.3 Å². The predicted octanol–water partition coefficient (Wildman–Crippen LogP) is 8.93. The van der Waals surface area contributed by atoms with Gasteiger partial charge in [-0.1, -0.05) is 33.8 Å². The summed E-state index contributed by atoms with van der Waals surface area (Å²) in [5, 5.41) is 6.26. The molecule has 7 heterocycles. The molecular formula is C49H56FN9O7S. The van der Waals surface area contributed by atoms with Crippen molar-refractivity contribution in [2.75, 3.05) is 27.3 Å². The van der Waals surface area contributed by atoms with Crippen LogP contribution in [0.5, 0.6) is 5.75 Å². The number of nitrogens with zero attached hydrogens (tertiary/aromatic N) is 5. The van der Waals surface area contributed by atoms with Gasteiger partial charge in [-0.25, -0.2) is 23.9 Å². The van der Waals surface area contributed by atoms with Crippen LogP contribution in [-0.2, 0) is 19.1 Å². The fourth-order valence-electron chi connectivity index (χ4n) is 9.89. The van der Waals surface area contributed by atoms with Crippen LogP contribution in [0.25, 0.3) is 44.7 Å². The number of rotatable bonds is 11. The Balaban J connectivity index is 1.03. The molecule has 0 spiro atoms. The van der Waals surface area contributed by atoms with E-state index in [-0.39, 0.29) is 35.7 Å². The minimum atomic E-state index is -0.770. The van der Waals surface area contributed by atoms with Gasteiger partial charge in [-0.05, 0) is 87.8 Å². The average Bonchev–Trinajstić information content (AvgIpc) is 4.17. The van der Waals surface area contributed by atoms with Crippen molar-refractivity contribution < 1.29 is 37.8 Å². The van der Waals surface area contributed by atoms with Crippen LogP contribution in [0.2, 0.25) is 0 Å². The number of methoxy groups -OCH3 is 2. The first-order chi connectivity index (χ1) is 32.1. The van der Waals surface area contributed by atoms with Gasteiger partial charge in [-0.2, -0.15) is 0 Å². The number of amides is 4. The van der Waals surface area contributed by atoms with Crippen molar-refractivity contribution >= 4 is 46.2 Å². The van der Waals surface area contributed by atoms with E-state index >= 15 is 4.39 Å². The van der Waals surface area contributed by atoms with Crippen molar-refractivity contribution in [1.82, 2.24) is 44.9 Å². The summed E-state index contributed by atoms with van der Waals surface area (Å²) >= 11 is 1.68. The summed E-state index contributed by atoms with van der Waals surface area (Å²) in [5.41, 5.74) is 5.60. The van der Waals surface area contributed by atoms with Crippen molar-refractivity contribution in [1.29, 1.82) is 0 Å². The topological polar surface area (TPSA) is 189 Å². The van der Waals surface area contributed by atoms with E-state index in [0.717, 1.165) is 56.7 Å². The first-order valence-corrected chi connectivity index (χ1v) is 23.6. The maximum Gasteiger partial charge on any atom is 0.407 e. The van der Waals surface area contributed by atoms with E-state index in [1.54, 1.807) is 33.5 Å². The molecule has 4 amide bonds. The summed E-state index contributed by atoms with van der Waals surface area (Å²) in [6, 6.07) is 11.4. The average molecular weight is 934 g/mol. The molecule has 4 N–H and O–H groups in total. The van der Waals surface area contributed by atoms with E-state index in [1.807, 2.05) is 52.0 Å². The third-order valence-electron chi connectivity index (χ3n) is 13.3. The summed E-state index contributed by atoms with van der Waals surface area (Å²) < 4.78 is 35.4. The summed E-state index contributed by atoms with van der Waals surface area (Å²) in [5.74, 6) is 0.430. The SMILES string of the molecule is COC(=O)NC(C(=O)N1CCC[C@H]1c1ncc(-c2cc(F)c3c(c2)OC(c2cc(C)sc2C)n2c-3cc3cc(-c4cnc([C@@H]5CCCN5C(=O)C(NC(=O)OC)C(C)C)[nH]4)ccc32)[nH]1)C(C)C. The molecule has 2 saturated heterocycles. The molecule has 9 rings (SSSR count).